The number of carbonyl (C=O) groups is 1. The number of amides is 1. The zero-order valence-electron chi connectivity index (χ0n) is 10.5. The minimum absolute atomic E-state index is 0.156. The fraction of sp³-hybridized carbons (Fsp3) is 0.0833. The van der Waals surface area contributed by atoms with E-state index in [0.717, 1.165) is 6.07 Å². The van der Waals surface area contributed by atoms with Crippen molar-refractivity contribution in [3.63, 3.8) is 0 Å². The van der Waals surface area contributed by atoms with Gasteiger partial charge in [-0.15, -0.1) is 0 Å². The van der Waals surface area contributed by atoms with E-state index < -0.39 is 21.0 Å². The highest BCUT2D eigenvalue weighted by molar-refractivity contribution is 7.89. The molecule has 0 aliphatic heterocycles. The smallest absolute Gasteiger partial charge is 0.291 e. The Bertz CT molecular complexity index is 736. The highest BCUT2D eigenvalue weighted by atomic mass is 32.2. The number of nitrogens with one attached hydrogen (secondary N) is 1. The van der Waals surface area contributed by atoms with E-state index in [1.165, 1.54) is 13.2 Å². The first-order chi connectivity index (χ1) is 9.40. The number of sulfonamides is 1. The van der Waals surface area contributed by atoms with E-state index in [2.05, 4.69) is 5.32 Å². The van der Waals surface area contributed by atoms with Crippen LogP contribution in [0.3, 0.4) is 0 Å². The summed E-state index contributed by atoms with van der Waals surface area (Å²) in [5.74, 6) is -0.169. The lowest BCUT2D eigenvalue weighted by Crippen LogP contribution is -2.12. The summed E-state index contributed by atoms with van der Waals surface area (Å²) in [5.41, 5.74) is 0.489. The van der Waals surface area contributed by atoms with Gasteiger partial charge < -0.3 is 14.5 Å². The van der Waals surface area contributed by atoms with Gasteiger partial charge in [-0.25, -0.2) is 13.6 Å². The van der Waals surface area contributed by atoms with E-state index in [9.17, 15) is 13.2 Å². The van der Waals surface area contributed by atoms with Crippen molar-refractivity contribution in [2.45, 2.75) is 5.09 Å². The number of ether oxygens (including phenoxy) is 1. The van der Waals surface area contributed by atoms with Gasteiger partial charge in [0.2, 0.25) is 5.09 Å². The van der Waals surface area contributed by atoms with Gasteiger partial charge in [-0.3, -0.25) is 4.79 Å². The van der Waals surface area contributed by atoms with E-state index in [1.807, 2.05) is 0 Å². The molecule has 1 aromatic heterocycles. The lowest BCUT2D eigenvalue weighted by Gasteiger charge is -2.05. The van der Waals surface area contributed by atoms with Gasteiger partial charge in [0.1, 0.15) is 5.75 Å². The predicted octanol–water partition coefficient (Wildman–Crippen LogP) is 1.19. The molecule has 0 spiro atoms. The lowest BCUT2D eigenvalue weighted by molar-refractivity contribution is 0.0991. The molecule has 2 rings (SSSR count). The third-order valence-electron chi connectivity index (χ3n) is 2.41. The molecule has 3 N–H and O–H groups in total. The van der Waals surface area contributed by atoms with Crippen molar-refractivity contribution in [1.82, 2.24) is 0 Å². The van der Waals surface area contributed by atoms with Crippen LogP contribution in [0.15, 0.2) is 45.9 Å². The molecule has 20 heavy (non-hydrogen) atoms. The van der Waals surface area contributed by atoms with Crippen LogP contribution in [0.5, 0.6) is 5.75 Å². The molecule has 0 atom stereocenters. The van der Waals surface area contributed by atoms with Crippen molar-refractivity contribution in [2.24, 2.45) is 5.14 Å². The minimum atomic E-state index is -3.97. The van der Waals surface area contributed by atoms with Gasteiger partial charge in [-0.05, 0) is 24.3 Å². The highest BCUT2D eigenvalue weighted by Crippen LogP contribution is 2.18. The van der Waals surface area contributed by atoms with E-state index in [1.54, 1.807) is 24.3 Å². The Labute approximate surface area is 115 Å². The Hall–Kier alpha value is -2.32. The Kier molecular flexibility index (Phi) is 3.77. The maximum atomic E-state index is 11.9. The fourth-order valence-corrected chi connectivity index (χ4v) is 1.95. The Balaban J connectivity index is 2.18. The molecule has 0 aliphatic rings. The summed E-state index contributed by atoms with van der Waals surface area (Å²) in [5, 5.41) is 6.98. The van der Waals surface area contributed by atoms with Crippen molar-refractivity contribution in [2.75, 3.05) is 12.4 Å². The second-order valence-electron chi connectivity index (χ2n) is 3.85. The molecule has 0 fully saturated rings. The number of anilines is 1. The van der Waals surface area contributed by atoms with Crippen LogP contribution in [-0.4, -0.2) is 21.4 Å². The molecule has 1 aromatic carbocycles. The summed E-state index contributed by atoms with van der Waals surface area (Å²) in [6, 6.07) is 9.05. The first-order valence-corrected chi connectivity index (χ1v) is 7.03. The standard InChI is InChI=1S/C12H12N2O5S/c1-18-9-4-2-3-8(7-9)14-12(15)10-5-6-11(19-10)20(13,16)17/h2-7H,1H3,(H,14,15)(H2,13,16,17). The van der Waals surface area contributed by atoms with Crippen LogP contribution in [0.4, 0.5) is 5.69 Å². The summed E-state index contributed by atoms with van der Waals surface area (Å²) >= 11 is 0. The average molecular weight is 296 g/mol. The molecule has 0 bridgehead atoms. The predicted molar refractivity (Wildman–Crippen MR) is 71.0 cm³/mol. The van der Waals surface area contributed by atoms with Gasteiger partial charge in [0.05, 0.1) is 7.11 Å². The number of hydrogen-bond acceptors (Lipinski definition) is 5. The van der Waals surface area contributed by atoms with Crippen LogP contribution in [0.25, 0.3) is 0 Å². The number of primary sulfonamides is 1. The second kappa shape index (κ2) is 5.35. The van der Waals surface area contributed by atoms with E-state index in [0.29, 0.717) is 11.4 Å². The topological polar surface area (TPSA) is 112 Å². The largest absolute Gasteiger partial charge is 0.497 e. The van der Waals surface area contributed by atoms with Crippen molar-refractivity contribution < 1.29 is 22.4 Å². The number of benzene rings is 1. The molecule has 1 heterocycles. The van der Waals surface area contributed by atoms with Gasteiger partial charge >= 0.3 is 0 Å². The Morgan fingerprint density at radius 1 is 1.30 bits per heavy atom. The lowest BCUT2D eigenvalue weighted by atomic mass is 10.3. The summed E-state index contributed by atoms with van der Waals surface area (Å²) in [6.07, 6.45) is 0. The van der Waals surface area contributed by atoms with Crippen molar-refractivity contribution >= 4 is 21.6 Å². The fourth-order valence-electron chi connectivity index (χ4n) is 1.49. The molecular weight excluding hydrogens is 284 g/mol. The summed E-state index contributed by atoms with van der Waals surface area (Å²) in [7, 11) is -2.46. The molecule has 106 valence electrons. The molecule has 7 nitrogen and oxygen atoms in total. The van der Waals surface area contributed by atoms with Gasteiger partial charge in [-0.1, -0.05) is 6.07 Å². The third kappa shape index (κ3) is 3.16. The van der Waals surface area contributed by atoms with Gasteiger partial charge in [0.25, 0.3) is 15.9 Å². The van der Waals surface area contributed by atoms with Crippen LogP contribution in [0.1, 0.15) is 10.6 Å². The second-order valence-corrected chi connectivity index (χ2v) is 5.34. The van der Waals surface area contributed by atoms with Crippen LogP contribution in [0.2, 0.25) is 0 Å². The molecule has 0 saturated carbocycles. The normalized spacial score (nSPS) is 11.1. The van der Waals surface area contributed by atoms with Crippen molar-refractivity contribution in [3.05, 3.63) is 42.2 Å². The van der Waals surface area contributed by atoms with Crippen molar-refractivity contribution in [3.8, 4) is 5.75 Å². The number of rotatable bonds is 4. The highest BCUT2D eigenvalue weighted by Gasteiger charge is 2.17. The van der Waals surface area contributed by atoms with Crippen LogP contribution < -0.4 is 15.2 Å². The number of hydrogen-bond donors (Lipinski definition) is 2. The Morgan fingerprint density at radius 3 is 2.65 bits per heavy atom. The van der Waals surface area contributed by atoms with E-state index in [-0.39, 0.29) is 5.76 Å². The first-order valence-electron chi connectivity index (χ1n) is 5.48. The molecule has 0 unspecified atom stereocenters. The number of furan rings is 1. The molecule has 0 radical (unpaired) electrons. The van der Waals surface area contributed by atoms with Crippen LogP contribution in [-0.2, 0) is 10.0 Å². The molecule has 0 aliphatic carbocycles. The minimum Gasteiger partial charge on any atom is -0.497 e. The van der Waals surface area contributed by atoms with Crippen LogP contribution in [0, 0.1) is 0 Å². The quantitative estimate of drug-likeness (QED) is 0.880. The van der Waals surface area contributed by atoms with Crippen LogP contribution >= 0.6 is 0 Å². The third-order valence-corrected chi connectivity index (χ3v) is 3.19. The van der Waals surface area contributed by atoms with Crippen molar-refractivity contribution in [1.29, 1.82) is 0 Å². The zero-order chi connectivity index (χ0) is 14.8. The SMILES string of the molecule is COc1cccc(NC(=O)c2ccc(S(N)(=O)=O)o2)c1. The monoisotopic (exact) mass is 296 g/mol. The van der Waals surface area contributed by atoms with Gasteiger partial charge in [-0.2, -0.15) is 0 Å². The first kappa shape index (κ1) is 14.1. The van der Waals surface area contributed by atoms with E-state index >= 15 is 0 Å². The number of nitrogens with two attached hydrogens (primary N) is 1. The number of carbonyl (C=O) groups excluding carboxylic acids is 1. The molecule has 0 saturated heterocycles. The molecular formula is C12H12N2O5S. The number of methoxy groups -OCH3 is 1. The van der Waals surface area contributed by atoms with Gasteiger partial charge in [0, 0.05) is 11.8 Å². The Morgan fingerprint density at radius 2 is 2.05 bits per heavy atom. The summed E-state index contributed by atoms with van der Waals surface area (Å²) in [6.45, 7) is 0. The maximum Gasteiger partial charge on any atom is 0.291 e. The van der Waals surface area contributed by atoms with E-state index in [4.69, 9.17) is 14.3 Å². The summed E-state index contributed by atoms with van der Waals surface area (Å²) in [4.78, 5) is 11.9. The summed E-state index contributed by atoms with van der Waals surface area (Å²) < 4.78 is 32.0. The average Bonchev–Trinajstić information content (AvgIpc) is 2.88. The maximum absolute atomic E-state index is 11.9. The molecule has 1 amide bonds. The molecule has 2 aromatic rings. The van der Waals surface area contributed by atoms with Gasteiger partial charge in [0.15, 0.2) is 5.76 Å². The molecule has 8 heteroatoms. The zero-order valence-corrected chi connectivity index (χ0v) is 11.3.